The lowest BCUT2D eigenvalue weighted by Gasteiger charge is -2.14. The molecule has 0 saturated heterocycles. The lowest BCUT2D eigenvalue weighted by Crippen LogP contribution is -2.29. The molecule has 1 N–H and O–H groups in total. The van der Waals surface area contributed by atoms with Gasteiger partial charge in [-0.2, -0.15) is 5.26 Å². The maximum absolute atomic E-state index is 11.9. The number of likely N-dealkylation sites (N-methyl/N-ethyl adjacent to an activating group) is 1. The van der Waals surface area contributed by atoms with Crippen LogP contribution in [0.4, 0.5) is 5.69 Å². The number of nitriles is 1. The highest BCUT2D eigenvalue weighted by Gasteiger charge is 2.08. The Bertz CT molecular complexity index is 612. The molecule has 0 spiro atoms. The summed E-state index contributed by atoms with van der Waals surface area (Å²) in [7, 11) is 1.86. The van der Waals surface area contributed by atoms with E-state index in [4.69, 9.17) is 9.68 Å². The van der Waals surface area contributed by atoms with E-state index in [1.54, 1.807) is 18.4 Å². The molecule has 0 radical (unpaired) electrons. The van der Waals surface area contributed by atoms with E-state index < -0.39 is 0 Å². The number of benzene rings is 1. The van der Waals surface area contributed by atoms with Gasteiger partial charge in [0.1, 0.15) is 5.76 Å². The van der Waals surface area contributed by atoms with Gasteiger partial charge < -0.3 is 9.73 Å². The molecule has 0 aliphatic heterocycles. The molecule has 1 aromatic heterocycles. The summed E-state index contributed by atoms with van der Waals surface area (Å²) in [6.07, 6.45) is 1.99. The van der Waals surface area contributed by atoms with E-state index >= 15 is 0 Å². The summed E-state index contributed by atoms with van der Waals surface area (Å²) in [5.41, 5.74) is 1.67. The van der Waals surface area contributed by atoms with Gasteiger partial charge in [0, 0.05) is 5.69 Å². The molecule has 5 nitrogen and oxygen atoms in total. The summed E-state index contributed by atoms with van der Waals surface area (Å²) < 4.78 is 5.24. The van der Waals surface area contributed by atoms with E-state index in [2.05, 4.69) is 11.4 Å². The third kappa shape index (κ3) is 4.79. The van der Waals surface area contributed by atoms with E-state index in [0.717, 1.165) is 17.0 Å². The van der Waals surface area contributed by atoms with E-state index in [1.807, 2.05) is 36.2 Å². The molecule has 1 amide bonds. The molecule has 0 saturated carbocycles. The summed E-state index contributed by atoms with van der Waals surface area (Å²) >= 11 is 0. The van der Waals surface area contributed by atoms with Crippen LogP contribution in [0.1, 0.15) is 11.3 Å². The van der Waals surface area contributed by atoms with Gasteiger partial charge in [-0.15, -0.1) is 0 Å². The Morgan fingerprint density at radius 2 is 2.10 bits per heavy atom. The lowest BCUT2D eigenvalue weighted by atomic mass is 10.1. The smallest absolute Gasteiger partial charge is 0.238 e. The van der Waals surface area contributed by atoms with Crippen molar-refractivity contribution in [3.63, 3.8) is 0 Å². The predicted molar refractivity (Wildman–Crippen MR) is 79.4 cm³/mol. The summed E-state index contributed by atoms with van der Waals surface area (Å²) in [5.74, 6) is 0.739. The zero-order valence-electron chi connectivity index (χ0n) is 11.9. The highest BCUT2D eigenvalue weighted by molar-refractivity contribution is 5.92. The minimum absolute atomic E-state index is 0.0860. The number of nitrogens with one attached hydrogen (secondary N) is 1. The molecule has 0 aliphatic rings. The molecule has 108 valence electrons. The number of furan rings is 1. The first-order valence-electron chi connectivity index (χ1n) is 6.64. The van der Waals surface area contributed by atoms with Crippen LogP contribution in [-0.4, -0.2) is 24.4 Å². The quantitative estimate of drug-likeness (QED) is 0.884. The van der Waals surface area contributed by atoms with Gasteiger partial charge in [0.2, 0.25) is 5.91 Å². The van der Waals surface area contributed by atoms with Crippen molar-refractivity contribution in [1.82, 2.24) is 4.90 Å². The Morgan fingerprint density at radius 3 is 2.71 bits per heavy atom. The summed E-state index contributed by atoms with van der Waals surface area (Å²) in [5, 5.41) is 11.4. The Kier molecular flexibility index (Phi) is 5.13. The fraction of sp³-hybridized carbons (Fsp3) is 0.250. The number of carbonyl (C=O) groups is 1. The molecule has 0 unspecified atom stereocenters. The first-order chi connectivity index (χ1) is 10.2. The fourth-order valence-corrected chi connectivity index (χ4v) is 1.97. The Labute approximate surface area is 123 Å². The van der Waals surface area contributed by atoms with Gasteiger partial charge in [-0.1, -0.05) is 12.1 Å². The zero-order valence-corrected chi connectivity index (χ0v) is 11.9. The second-order valence-electron chi connectivity index (χ2n) is 4.83. The van der Waals surface area contributed by atoms with Gasteiger partial charge >= 0.3 is 0 Å². The van der Waals surface area contributed by atoms with Crippen LogP contribution in [0.2, 0.25) is 0 Å². The van der Waals surface area contributed by atoms with Crippen LogP contribution in [0.3, 0.4) is 0 Å². The van der Waals surface area contributed by atoms with E-state index in [1.165, 1.54) is 0 Å². The van der Waals surface area contributed by atoms with Crippen molar-refractivity contribution >= 4 is 11.6 Å². The first-order valence-corrected chi connectivity index (χ1v) is 6.64. The van der Waals surface area contributed by atoms with Crippen molar-refractivity contribution in [3.8, 4) is 6.07 Å². The molecule has 1 aromatic carbocycles. The second kappa shape index (κ2) is 7.27. The van der Waals surface area contributed by atoms with Crippen LogP contribution in [0, 0.1) is 11.3 Å². The zero-order chi connectivity index (χ0) is 15.1. The van der Waals surface area contributed by atoms with Crippen molar-refractivity contribution < 1.29 is 9.21 Å². The molecule has 5 heteroatoms. The lowest BCUT2D eigenvalue weighted by molar-refractivity contribution is -0.117. The van der Waals surface area contributed by atoms with Crippen LogP contribution in [-0.2, 0) is 17.8 Å². The highest BCUT2D eigenvalue weighted by Crippen LogP contribution is 2.10. The van der Waals surface area contributed by atoms with Crippen LogP contribution in [0.5, 0.6) is 0 Å². The molecule has 0 bridgehead atoms. The maximum atomic E-state index is 11.9. The monoisotopic (exact) mass is 283 g/mol. The van der Waals surface area contributed by atoms with Crippen molar-refractivity contribution in [1.29, 1.82) is 5.26 Å². The second-order valence-corrected chi connectivity index (χ2v) is 4.83. The molecular formula is C16H17N3O2. The van der Waals surface area contributed by atoms with Crippen molar-refractivity contribution in [3.05, 3.63) is 54.0 Å². The normalized spacial score (nSPS) is 10.3. The van der Waals surface area contributed by atoms with Crippen molar-refractivity contribution in [2.24, 2.45) is 0 Å². The standard InChI is InChI=1S/C16H17N3O2/c1-19(11-15-3-2-10-21-15)12-16(20)18-14-6-4-13(5-7-14)8-9-17/h2-7,10H,8,11-12H2,1H3,(H,18,20). The number of hydrogen-bond acceptors (Lipinski definition) is 4. The van der Waals surface area contributed by atoms with Crippen LogP contribution < -0.4 is 5.32 Å². The Balaban J connectivity index is 1.82. The SMILES string of the molecule is CN(CC(=O)Nc1ccc(CC#N)cc1)Cc1ccco1. The van der Waals surface area contributed by atoms with Gasteiger partial charge in [-0.3, -0.25) is 9.69 Å². The highest BCUT2D eigenvalue weighted by atomic mass is 16.3. The molecule has 0 aliphatic carbocycles. The maximum Gasteiger partial charge on any atom is 0.238 e. The molecule has 0 fully saturated rings. The third-order valence-electron chi connectivity index (χ3n) is 2.94. The van der Waals surface area contributed by atoms with Crippen LogP contribution >= 0.6 is 0 Å². The van der Waals surface area contributed by atoms with Crippen molar-refractivity contribution in [2.45, 2.75) is 13.0 Å². The molecule has 2 rings (SSSR count). The van der Waals surface area contributed by atoms with E-state index in [0.29, 0.717) is 13.0 Å². The number of hydrogen-bond donors (Lipinski definition) is 1. The molecule has 21 heavy (non-hydrogen) atoms. The van der Waals surface area contributed by atoms with Gasteiger partial charge in [0.05, 0.1) is 31.8 Å². The number of carbonyl (C=O) groups excluding carboxylic acids is 1. The Morgan fingerprint density at radius 1 is 1.33 bits per heavy atom. The predicted octanol–water partition coefficient (Wildman–Crippen LogP) is 2.42. The summed E-state index contributed by atoms with van der Waals surface area (Å²) in [6, 6.07) is 13.1. The minimum Gasteiger partial charge on any atom is -0.468 e. The minimum atomic E-state index is -0.0860. The van der Waals surface area contributed by atoms with Crippen LogP contribution in [0.15, 0.2) is 47.1 Å². The van der Waals surface area contributed by atoms with Gasteiger partial charge in [0.15, 0.2) is 0 Å². The largest absolute Gasteiger partial charge is 0.468 e. The number of amides is 1. The summed E-state index contributed by atoms with van der Waals surface area (Å²) in [6.45, 7) is 0.863. The van der Waals surface area contributed by atoms with Crippen molar-refractivity contribution in [2.75, 3.05) is 18.9 Å². The first kappa shape index (κ1) is 14.8. The average Bonchev–Trinajstić information content (AvgIpc) is 2.93. The van der Waals surface area contributed by atoms with E-state index in [9.17, 15) is 4.79 Å². The van der Waals surface area contributed by atoms with E-state index in [-0.39, 0.29) is 12.5 Å². The molecule has 2 aromatic rings. The topological polar surface area (TPSA) is 69.3 Å². The molecular weight excluding hydrogens is 266 g/mol. The van der Waals surface area contributed by atoms with Gasteiger partial charge in [-0.05, 0) is 36.9 Å². The fourth-order valence-electron chi connectivity index (χ4n) is 1.97. The van der Waals surface area contributed by atoms with Crippen LogP contribution in [0.25, 0.3) is 0 Å². The van der Waals surface area contributed by atoms with Gasteiger partial charge in [-0.25, -0.2) is 0 Å². The summed E-state index contributed by atoms with van der Waals surface area (Å²) in [4.78, 5) is 13.8. The van der Waals surface area contributed by atoms with Gasteiger partial charge in [0.25, 0.3) is 0 Å². The molecule has 1 heterocycles. The third-order valence-corrected chi connectivity index (χ3v) is 2.94. The molecule has 0 atom stereocenters. The Hall–Kier alpha value is -2.58. The average molecular weight is 283 g/mol. The number of rotatable bonds is 6. The number of nitrogens with zero attached hydrogens (tertiary/aromatic N) is 2. The number of anilines is 1.